The molecule has 2 aromatic rings. The van der Waals surface area contributed by atoms with Crippen LogP contribution in [0.3, 0.4) is 0 Å². The number of alkyl carbamates (subject to hydrolysis) is 1. The lowest BCUT2D eigenvalue weighted by molar-refractivity contribution is -0.129. The first-order chi connectivity index (χ1) is 16.8. The smallest absolute Gasteiger partial charge is 0.408 e. The zero-order valence-corrected chi connectivity index (χ0v) is 19.8. The van der Waals surface area contributed by atoms with Gasteiger partial charge >= 0.3 is 6.09 Å². The molecule has 6 N–H and O–H groups in total. The quantitative estimate of drug-likeness (QED) is 0.181. The number of Topliss-reactive ketones (excluding diaryl/α,β-unsaturated/α-hetero) is 1. The lowest BCUT2D eigenvalue weighted by atomic mass is 10.1. The minimum absolute atomic E-state index is 0.00482. The fourth-order valence-electron chi connectivity index (χ4n) is 3.08. The first-order valence-electron chi connectivity index (χ1n) is 11.3. The van der Waals surface area contributed by atoms with Crippen molar-refractivity contribution in [3.05, 3.63) is 71.8 Å². The average molecular weight is 484 g/mol. The third kappa shape index (κ3) is 11.2. The lowest BCUT2D eigenvalue weighted by Gasteiger charge is -2.22. The number of ketones is 1. The summed E-state index contributed by atoms with van der Waals surface area (Å²) in [4.78, 5) is 41.3. The molecule has 0 aliphatic heterocycles. The molecular formula is C25H33N5O5. The fraction of sp³-hybridized carbons (Fsp3) is 0.360. The summed E-state index contributed by atoms with van der Waals surface area (Å²) in [6, 6.07) is 16.8. The Hall–Kier alpha value is -3.92. The standard InChI is InChI=1S/C25H33N5O5/c1-18(31)22(17-34-15-19-9-4-2-5-10-19)29-23(32)21(13-8-14-28-24(26)27)30-25(33)35-16-20-11-6-3-7-12-20/h2-7,9-12,21-22H,8,13-17H2,1H3,(H,29,32)(H,30,33)(H4,26,27,28)/t21-,22-/m0/s1. The van der Waals surface area contributed by atoms with E-state index < -0.39 is 24.1 Å². The maximum atomic E-state index is 13.0. The summed E-state index contributed by atoms with van der Waals surface area (Å²) in [7, 11) is 0. The molecule has 188 valence electrons. The fourth-order valence-corrected chi connectivity index (χ4v) is 3.08. The molecule has 0 spiro atoms. The van der Waals surface area contributed by atoms with Gasteiger partial charge in [-0.15, -0.1) is 0 Å². The van der Waals surface area contributed by atoms with Gasteiger partial charge in [-0.05, 0) is 30.9 Å². The number of benzene rings is 2. The van der Waals surface area contributed by atoms with E-state index in [0.29, 0.717) is 13.0 Å². The van der Waals surface area contributed by atoms with Crippen LogP contribution in [0.15, 0.2) is 65.7 Å². The Balaban J connectivity index is 1.94. The van der Waals surface area contributed by atoms with Crippen LogP contribution in [0.2, 0.25) is 0 Å². The van der Waals surface area contributed by atoms with Gasteiger partial charge in [-0.3, -0.25) is 14.6 Å². The molecule has 2 rings (SSSR count). The molecule has 0 aromatic heterocycles. The van der Waals surface area contributed by atoms with Crippen LogP contribution in [0.4, 0.5) is 4.79 Å². The van der Waals surface area contributed by atoms with Gasteiger partial charge in [0, 0.05) is 6.54 Å². The molecule has 0 saturated carbocycles. The Bertz CT molecular complexity index is 965. The van der Waals surface area contributed by atoms with E-state index in [2.05, 4.69) is 15.6 Å². The van der Waals surface area contributed by atoms with Gasteiger partial charge in [-0.2, -0.15) is 0 Å². The van der Waals surface area contributed by atoms with Gasteiger partial charge in [-0.25, -0.2) is 4.79 Å². The first kappa shape index (κ1) is 27.3. The number of guanidine groups is 1. The molecule has 0 aliphatic carbocycles. The molecule has 0 unspecified atom stereocenters. The molecule has 0 fully saturated rings. The summed E-state index contributed by atoms with van der Waals surface area (Å²) in [5.41, 5.74) is 12.4. The second-order valence-electron chi connectivity index (χ2n) is 7.88. The van der Waals surface area contributed by atoms with Crippen LogP contribution >= 0.6 is 0 Å². The Morgan fingerprint density at radius 3 is 2.06 bits per heavy atom. The second-order valence-corrected chi connectivity index (χ2v) is 7.88. The van der Waals surface area contributed by atoms with E-state index in [9.17, 15) is 14.4 Å². The van der Waals surface area contributed by atoms with Gasteiger partial charge in [0.2, 0.25) is 5.91 Å². The number of nitrogens with one attached hydrogen (secondary N) is 2. The van der Waals surface area contributed by atoms with E-state index in [-0.39, 0.29) is 37.9 Å². The lowest BCUT2D eigenvalue weighted by Crippen LogP contribution is -2.52. The predicted octanol–water partition coefficient (Wildman–Crippen LogP) is 1.63. The molecule has 0 saturated heterocycles. The van der Waals surface area contributed by atoms with Crippen molar-refractivity contribution in [2.75, 3.05) is 13.2 Å². The van der Waals surface area contributed by atoms with Gasteiger partial charge < -0.3 is 31.6 Å². The van der Waals surface area contributed by atoms with Crippen molar-refractivity contribution in [3.63, 3.8) is 0 Å². The molecular weight excluding hydrogens is 450 g/mol. The topological polar surface area (TPSA) is 158 Å². The summed E-state index contributed by atoms with van der Waals surface area (Å²) in [6.07, 6.45) is -0.0986. The zero-order valence-electron chi connectivity index (χ0n) is 19.8. The number of hydrogen-bond acceptors (Lipinski definition) is 6. The van der Waals surface area contributed by atoms with Crippen LogP contribution in [0.1, 0.15) is 30.9 Å². The van der Waals surface area contributed by atoms with Crippen molar-refractivity contribution in [1.29, 1.82) is 0 Å². The Morgan fingerprint density at radius 2 is 1.49 bits per heavy atom. The first-order valence-corrected chi connectivity index (χ1v) is 11.3. The maximum absolute atomic E-state index is 13.0. The molecule has 0 aliphatic rings. The number of nitrogens with two attached hydrogens (primary N) is 2. The number of hydrogen-bond donors (Lipinski definition) is 4. The number of amides is 2. The van der Waals surface area contributed by atoms with Gasteiger partial charge in [0.1, 0.15) is 18.7 Å². The van der Waals surface area contributed by atoms with Crippen LogP contribution < -0.4 is 22.1 Å². The summed E-state index contributed by atoms with van der Waals surface area (Å²) in [6.45, 7) is 2.00. The normalized spacial score (nSPS) is 12.1. The highest BCUT2D eigenvalue weighted by molar-refractivity contribution is 5.91. The highest BCUT2D eigenvalue weighted by Crippen LogP contribution is 2.05. The van der Waals surface area contributed by atoms with Crippen LogP contribution in [0, 0.1) is 0 Å². The number of ether oxygens (including phenoxy) is 2. The highest BCUT2D eigenvalue weighted by Gasteiger charge is 2.25. The van der Waals surface area contributed by atoms with E-state index >= 15 is 0 Å². The van der Waals surface area contributed by atoms with Crippen LogP contribution in [0.25, 0.3) is 0 Å². The van der Waals surface area contributed by atoms with Gasteiger partial charge in [0.25, 0.3) is 0 Å². The molecule has 2 amide bonds. The van der Waals surface area contributed by atoms with Gasteiger partial charge in [-0.1, -0.05) is 60.7 Å². The SMILES string of the molecule is CC(=O)[C@H](COCc1ccccc1)NC(=O)[C@H](CCCN=C(N)N)NC(=O)OCc1ccccc1. The number of nitrogens with zero attached hydrogens (tertiary/aromatic N) is 1. The monoisotopic (exact) mass is 483 g/mol. The summed E-state index contributed by atoms with van der Waals surface area (Å²) < 4.78 is 10.9. The minimum Gasteiger partial charge on any atom is -0.445 e. The molecule has 0 heterocycles. The average Bonchev–Trinajstić information content (AvgIpc) is 2.85. The van der Waals surface area contributed by atoms with E-state index in [0.717, 1.165) is 11.1 Å². The highest BCUT2D eigenvalue weighted by atomic mass is 16.5. The van der Waals surface area contributed by atoms with Crippen molar-refractivity contribution in [3.8, 4) is 0 Å². The van der Waals surface area contributed by atoms with Crippen molar-refractivity contribution < 1.29 is 23.9 Å². The maximum Gasteiger partial charge on any atom is 0.408 e. The number of carbonyl (C=O) groups excluding carboxylic acids is 3. The summed E-state index contributed by atoms with van der Waals surface area (Å²) in [5.74, 6) is -0.861. The second kappa shape index (κ2) is 15.1. The number of rotatable bonds is 14. The van der Waals surface area contributed by atoms with Crippen LogP contribution in [-0.4, -0.2) is 49.0 Å². The largest absolute Gasteiger partial charge is 0.445 e. The van der Waals surface area contributed by atoms with E-state index in [1.165, 1.54) is 6.92 Å². The molecule has 0 bridgehead atoms. The Labute approximate surface area is 205 Å². The van der Waals surface area contributed by atoms with Crippen molar-refractivity contribution in [2.24, 2.45) is 16.5 Å². The van der Waals surface area contributed by atoms with Crippen molar-refractivity contribution in [2.45, 2.75) is 45.1 Å². The minimum atomic E-state index is -0.955. The van der Waals surface area contributed by atoms with E-state index in [1.807, 2.05) is 60.7 Å². The van der Waals surface area contributed by atoms with E-state index in [4.69, 9.17) is 20.9 Å². The third-order valence-electron chi connectivity index (χ3n) is 4.97. The Morgan fingerprint density at radius 1 is 0.886 bits per heavy atom. The van der Waals surface area contributed by atoms with Crippen molar-refractivity contribution in [1.82, 2.24) is 10.6 Å². The molecule has 10 nitrogen and oxygen atoms in total. The predicted molar refractivity (Wildman–Crippen MR) is 132 cm³/mol. The molecule has 2 aromatic carbocycles. The molecule has 2 atom stereocenters. The molecule has 35 heavy (non-hydrogen) atoms. The van der Waals surface area contributed by atoms with Crippen molar-refractivity contribution >= 4 is 23.7 Å². The Kier molecular flexibility index (Phi) is 11.8. The number of aliphatic imine (C=N–C) groups is 1. The van der Waals surface area contributed by atoms with Gasteiger partial charge in [0.05, 0.1) is 13.2 Å². The summed E-state index contributed by atoms with van der Waals surface area (Å²) in [5, 5.41) is 5.23. The van der Waals surface area contributed by atoms with Gasteiger partial charge in [0.15, 0.2) is 11.7 Å². The van der Waals surface area contributed by atoms with Crippen LogP contribution in [0.5, 0.6) is 0 Å². The summed E-state index contributed by atoms with van der Waals surface area (Å²) >= 11 is 0. The zero-order chi connectivity index (χ0) is 25.5. The third-order valence-corrected chi connectivity index (χ3v) is 4.97. The molecule has 10 heteroatoms. The van der Waals surface area contributed by atoms with Crippen LogP contribution in [-0.2, 0) is 32.3 Å². The van der Waals surface area contributed by atoms with E-state index in [1.54, 1.807) is 0 Å². The molecule has 0 radical (unpaired) electrons. The number of carbonyl (C=O) groups is 3.